The van der Waals surface area contributed by atoms with Crippen LogP contribution in [0.5, 0.6) is 0 Å². The van der Waals surface area contributed by atoms with Gasteiger partial charge in [-0.25, -0.2) is 13.4 Å². The van der Waals surface area contributed by atoms with Crippen LogP contribution in [0.15, 0.2) is 45.6 Å². The van der Waals surface area contributed by atoms with Gasteiger partial charge in [-0.1, -0.05) is 13.0 Å². The van der Waals surface area contributed by atoms with Crippen LogP contribution in [0.1, 0.15) is 17.4 Å². The van der Waals surface area contributed by atoms with Crippen LogP contribution in [0, 0.1) is 0 Å². The molecule has 0 fully saturated rings. The van der Waals surface area contributed by atoms with Crippen molar-refractivity contribution in [2.45, 2.75) is 18.4 Å². The van der Waals surface area contributed by atoms with Gasteiger partial charge in [0.25, 0.3) is 0 Å². The Labute approximate surface area is 141 Å². The molecule has 0 spiro atoms. The standard InChI is InChI=1S/C16H21N3O2S2/c1-4-19(2)11-12-10-13(7-8-15(12)23(3,20)21)18-16(17)14-6-5-9-22-14/h5-10H,4,11H2,1-3H3,(H2,17,18). The summed E-state index contributed by atoms with van der Waals surface area (Å²) in [4.78, 5) is 7.68. The highest BCUT2D eigenvalue weighted by molar-refractivity contribution is 7.90. The summed E-state index contributed by atoms with van der Waals surface area (Å²) in [5, 5.41) is 1.94. The number of hydrogen-bond acceptors (Lipinski definition) is 5. The molecule has 0 aliphatic heterocycles. The number of sulfone groups is 1. The molecule has 1 aromatic heterocycles. The Morgan fingerprint density at radius 3 is 2.65 bits per heavy atom. The predicted octanol–water partition coefficient (Wildman–Crippen LogP) is 2.64. The molecule has 0 amide bonds. The van der Waals surface area contributed by atoms with Crippen molar-refractivity contribution in [3.8, 4) is 0 Å². The molecule has 0 bridgehead atoms. The Bertz CT molecular complexity index is 797. The van der Waals surface area contributed by atoms with Crippen LogP contribution in [0.4, 0.5) is 5.69 Å². The van der Waals surface area contributed by atoms with Gasteiger partial charge in [0.1, 0.15) is 5.84 Å². The molecular formula is C16H21N3O2S2. The van der Waals surface area contributed by atoms with Gasteiger partial charge in [-0.2, -0.15) is 0 Å². The minimum Gasteiger partial charge on any atom is -0.383 e. The maximum absolute atomic E-state index is 12.0. The lowest BCUT2D eigenvalue weighted by Gasteiger charge is -2.16. The average Bonchev–Trinajstić information content (AvgIpc) is 3.00. The Kier molecular flexibility index (Phi) is 5.56. The number of benzene rings is 1. The number of aliphatic imine (C=N–C) groups is 1. The molecule has 0 unspecified atom stereocenters. The van der Waals surface area contributed by atoms with E-state index < -0.39 is 9.84 Å². The maximum atomic E-state index is 12.0. The van der Waals surface area contributed by atoms with Crippen molar-refractivity contribution in [2.24, 2.45) is 10.7 Å². The number of rotatable bonds is 6. The summed E-state index contributed by atoms with van der Waals surface area (Å²) >= 11 is 1.52. The molecule has 5 nitrogen and oxygen atoms in total. The van der Waals surface area contributed by atoms with Crippen molar-refractivity contribution in [3.63, 3.8) is 0 Å². The lowest BCUT2D eigenvalue weighted by molar-refractivity contribution is 0.343. The SMILES string of the molecule is CCN(C)Cc1cc(N=C(N)c2cccs2)ccc1S(C)(=O)=O. The maximum Gasteiger partial charge on any atom is 0.175 e. The molecule has 2 aromatic rings. The smallest absolute Gasteiger partial charge is 0.175 e. The average molecular weight is 351 g/mol. The van der Waals surface area contributed by atoms with Gasteiger partial charge in [0.2, 0.25) is 0 Å². The first-order chi connectivity index (χ1) is 10.8. The van der Waals surface area contributed by atoms with Gasteiger partial charge >= 0.3 is 0 Å². The highest BCUT2D eigenvalue weighted by Gasteiger charge is 2.15. The molecule has 0 radical (unpaired) electrons. The third-order valence-corrected chi connectivity index (χ3v) is 5.54. The fourth-order valence-corrected chi connectivity index (χ4v) is 3.68. The molecule has 7 heteroatoms. The van der Waals surface area contributed by atoms with E-state index in [1.54, 1.807) is 18.2 Å². The van der Waals surface area contributed by atoms with Crippen molar-refractivity contribution in [2.75, 3.05) is 19.8 Å². The molecule has 1 aromatic carbocycles. The van der Waals surface area contributed by atoms with Gasteiger partial charge in [0, 0.05) is 12.8 Å². The van der Waals surface area contributed by atoms with Gasteiger partial charge in [-0.15, -0.1) is 11.3 Å². The summed E-state index contributed by atoms with van der Waals surface area (Å²) in [6, 6.07) is 8.90. The molecular weight excluding hydrogens is 330 g/mol. The van der Waals surface area contributed by atoms with Gasteiger partial charge in [0.05, 0.1) is 15.5 Å². The first kappa shape index (κ1) is 17.7. The molecule has 1 heterocycles. The van der Waals surface area contributed by atoms with Crippen LogP contribution in [0.25, 0.3) is 0 Å². The monoisotopic (exact) mass is 351 g/mol. The van der Waals surface area contributed by atoms with E-state index in [2.05, 4.69) is 4.99 Å². The zero-order chi connectivity index (χ0) is 17.0. The Balaban J connectivity index is 2.43. The summed E-state index contributed by atoms with van der Waals surface area (Å²) in [5.74, 6) is 0.432. The van der Waals surface area contributed by atoms with Crippen molar-refractivity contribution >= 4 is 32.7 Å². The third-order valence-electron chi connectivity index (χ3n) is 3.45. The number of hydrogen-bond donors (Lipinski definition) is 1. The first-order valence-electron chi connectivity index (χ1n) is 7.21. The zero-order valence-electron chi connectivity index (χ0n) is 13.5. The Hall–Kier alpha value is -1.70. The summed E-state index contributed by atoms with van der Waals surface area (Å²) in [6.45, 7) is 3.39. The lowest BCUT2D eigenvalue weighted by Crippen LogP contribution is -2.18. The second kappa shape index (κ2) is 7.25. The lowest BCUT2D eigenvalue weighted by atomic mass is 10.2. The molecule has 2 rings (SSSR count). The second-order valence-electron chi connectivity index (χ2n) is 5.37. The van der Waals surface area contributed by atoms with Crippen LogP contribution in [-0.2, 0) is 16.4 Å². The van der Waals surface area contributed by atoms with Gasteiger partial charge in [0.15, 0.2) is 9.84 Å². The largest absolute Gasteiger partial charge is 0.383 e. The normalized spacial score (nSPS) is 12.8. The molecule has 124 valence electrons. The molecule has 0 aliphatic carbocycles. The van der Waals surface area contributed by atoms with E-state index in [0.717, 1.165) is 17.0 Å². The van der Waals surface area contributed by atoms with Crippen molar-refractivity contribution in [3.05, 3.63) is 46.2 Å². The van der Waals surface area contributed by atoms with Crippen molar-refractivity contribution < 1.29 is 8.42 Å². The molecule has 0 aliphatic rings. The molecule has 2 N–H and O–H groups in total. The molecule has 0 saturated carbocycles. The summed E-state index contributed by atoms with van der Waals surface area (Å²) in [5.41, 5.74) is 7.39. The highest BCUT2D eigenvalue weighted by atomic mass is 32.2. The fraction of sp³-hybridized carbons (Fsp3) is 0.312. The summed E-state index contributed by atoms with van der Waals surface area (Å²) < 4.78 is 23.9. The van der Waals surface area contributed by atoms with Crippen LogP contribution >= 0.6 is 11.3 Å². The van der Waals surface area contributed by atoms with E-state index in [4.69, 9.17) is 5.73 Å². The minimum atomic E-state index is -3.28. The van der Waals surface area contributed by atoms with Gasteiger partial charge in [-0.05, 0) is 48.8 Å². The fourth-order valence-electron chi connectivity index (χ4n) is 2.14. The van der Waals surface area contributed by atoms with Gasteiger partial charge < -0.3 is 10.6 Å². The molecule has 23 heavy (non-hydrogen) atoms. The topological polar surface area (TPSA) is 75.8 Å². The quantitative estimate of drug-likeness (QED) is 0.641. The zero-order valence-corrected chi connectivity index (χ0v) is 15.1. The van der Waals surface area contributed by atoms with Crippen LogP contribution in [-0.4, -0.2) is 39.0 Å². The number of amidine groups is 1. The van der Waals surface area contributed by atoms with E-state index in [-0.39, 0.29) is 0 Å². The second-order valence-corrected chi connectivity index (χ2v) is 8.30. The Morgan fingerprint density at radius 1 is 1.35 bits per heavy atom. The van der Waals surface area contributed by atoms with E-state index >= 15 is 0 Å². The number of nitrogens with two attached hydrogens (primary N) is 1. The van der Waals surface area contributed by atoms with Crippen LogP contribution < -0.4 is 5.73 Å². The van der Waals surface area contributed by atoms with Crippen LogP contribution in [0.3, 0.4) is 0 Å². The first-order valence-corrected chi connectivity index (χ1v) is 9.98. The van der Waals surface area contributed by atoms with E-state index in [1.165, 1.54) is 17.6 Å². The van der Waals surface area contributed by atoms with E-state index in [9.17, 15) is 8.42 Å². The highest BCUT2D eigenvalue weighted by Crippen LogP contribution is 2.24. The number of nitrogens with zero attached hydrogens (tertiary/aromatic N) is 2. The van der Waals surface area contributed by atoms with Crippen molar-refractivity contribution in [1.29, 1.82) is 0 Å². The molecule has 0 atom stereocenters. The third kappa shape index (κ3) is 4.63. The summed E-state index contributed by atoms with van der Waals surface area (Å²) in [6.07, 6.45) is 1.22. The van der Waals surface area contributed by atoms with Crippen LogP contribution in [0.2, 0.25) is 0 Å². The summed E-state index contributed by atoms with van der Waals surface area (Å²) in [7, 11) is -1.33. The predicted molar refractivity (Wildman–Crippen MR) is 96.3 cm³/mol. The van der Waals surface area contributed by atoms with Gasteiger partial charge in [-0.3, -0.25) is 0 Å². The Morgan fingerprint density at radius 2 is 2.09 bits per heavy atom. The van der Waals surface area contributed by atoms with E-state index in [1.807, 2.05) is 36.4 Å². The van der Waals surface area contributed by atoms with Crippen molar-refractivity contribution in [1.82, 2.24) is 4.90 Å². The number of thiophene rings is 1. The minimum absolute atomic E-state index is 0.339. The van der Waals surface area contributed by atoms with E-state index in [0.29, 0.717) is 23.0 Å². The molecule has 0 saturated heterocycles.